The number of anilines is 1. The summed E-state index contributed by atoms with van der Waals surface area (Å²) in [5.74, 6) is -0.338. The molecule has 2 N–H and O–H groups in total. The van der Waals surface area contributed by atoms with Crippen LogP contribution in [0.3, 0.4) is 0 Å². The van der Waals surface area contributed by atoms with E-state index in [0.29, 0.717) is 30.3 Å². The van der Waals surface area contributed by atoms with E-state index in [0.717, 1.165) is 19.4 Å². The van der Waals surface area contributed by atoms with Crippen molar-refractivity contribution in [3.8, 4) is 0 Å². The highest BCUT2D eigenvalue weighted by Gasteiger charge is 2.15. The molecule has 1 heterocycles. The van der Waals surface area contributed by atoms with Crippen molar-refractivity contribution in [2.24, 2.45) is 0 Å². The molecule has 0 aromatic heterocycles. The van der Waals surface area contributed by atoms with Gasteiger partial charge in [-0.05, 0) is 57.0 Å². The maximum Gasteiger partial charge on any atom is 0.338 e. The highest BCUT2D eigenvalue weighted by atomic mass is 35.5. The average molecular weight is 327 g/mol. The first kappa shape index (κ1) is 18.5. The van der Waals surface area contributed by atoms with Gasteiger partial charge in [0, 0.05) is 18.2 Å². The van der Waals surface area contributed by atoms with E-state index in [4.69, 9.17) is 4.74 Å². The van der Waals surface area contributed by atoms with Gasteiger partial charge >= 0.3 is 5.97 Å². The molecule has 5 nitrogen and oxygen atoms in total. The minimum absolute atomic E-state index is 0. The number of hydrogen-bond acceptors (Lipinski definition) is 4. The maximum absolute atomic E-state index is 11.9. The molecule has 0 aliphatic carbocycles. The Hall–Kier alpha value is -1.59. The number of nitrogens with one attached hydrogen (secondary N) is 2. The summed E-state index contributed by atoms with van der Waals surface area (Å²) in [6.07, 6.45) is 3.73. The largest absolute Gasteiger partial charge is 0.462 e. The number of halogens is 1. The molecule has 0 bridgehead atoms. The van der Waals surface area contributed by atoms with E-state index in [1.807, 2.05) is 0 Å². The fourth-order valence-corrected chi connectivity index (χ4v) is 2.44. The fraction of sp³-hybridized carbons (Fsp3) is 0.500. The Balaban J connectivity index is 0.00000242. The Morgan fingerprint density at radius 2 is 2.05 bits per heavy atom. The standard InChI is InChI=1S/C16H22N2O3.ClH/c1-2-21-16(20)12-5-7-14(8-6-12)18-15(19)10-9-13-4-3-11-17-13;/h5-8,13,17H,2-4,9-11H2,1H3,(H,18,19);1H. The minimum atomic E-state index is -0.345. The molecular formula is C16H23ClN2O3. The zero-order valence-corrected chi connectivity index (χ0v) is 13.6. The molecule has 1 aromatic rings. The normalized spacial score (nSPS) is 16.7. The van der Waals surface area contributed by atoms with Crippen LogP contribution in [-0.4, -0.2) is 31.1 Å². The molecule has 1 saturated heterocycles. The number of hydrogen-bond donors (Lipinski definition) is 2. The molecule has 1 unspecified atom stereocenters. The van der Waals surface area contributed by atoms with Gasteiger partial charge < -0.3 is 15.4 Å². The summed E-state index contributed by atoms with van der Waals surface area (Å²) >= 11 is 0. The van der Waals surface area contributed by atoms with Gasteiger partial charge in [0.15, 0.2) is 0 Å². The molecular weight excluding hydrogens is 304 g/mol. The molecule has 6 heteroatoms. The van der Waals surface area contributed by atoms with Crippen molar-refractivity contribution in [2.45, 2.75) is 38.6 Å². The van der Waals surface area contributed by atoms with E-state index in [2.05, 4.69) is 10.6 Å². The maximum atomic E-state index is 11.9. The summed E-state index contributed by atoms with van der Waals surface area (Å²) < 4.78 is 4.91. The predicted molar refractivity (Wildman–Crippen MR) is 88.5 cm³/mol. The molecule has 0 spiro atoms. The Kier molecular flexibility index (Phi) is 7.91. The highest BCUT2D eigenvalue weighted by molar-refractivity contribution is 5.93. The molecule has 1 atom stereocenters. The summed E-state index contributed by atoms with van der Waals surface area (Å²) in [6, 6.07) is 7.23. The van der Waals surface area contributed by atoms with Crippen LogP contribution in [0.15, 0.2) is 24.3 Å². The van der Waals surface area contributed by atoms with Crippen LogP contribution in [0.25, 0.3) is 0 Å². The minimum Gasteiger partial charge on any atom is -0.462 e. The van der Waals surface area contributed by atoms with E-state index in [1.54, 1.807) is 31.2 Å². The van der Waals surface area contributed by atoms with Crippen molar-refractivity contribution in [1.82, 2.24) is 5.32 Å². The van der Waals surface area contributed by atoms with E-state index >= 15 is 0 Å². The number of carbonyl (C=O) groups excluding carboxylic acids is 2. The Morgan fingerprint density at radius 3 is 2.64 bits per heavy atom. The van der Waals surface area contributed by atoms with Crippen LogP contribution in [0.2, 0.25) is 0 Å². The number of rotatable bonds is 6. The van der Waals surface area contributed by atoms with Crippen LogP contribution in [0, 0.1) is 0 Å². The summed E-state index contributed by atoms with van der Waals surface area (Å²) in [5, 5.41) is 6.22. The van der Waals surface area contributed by atoms with Gasteiger partial charge in [-0.25, -0.2) is 4.79 Å². The van der Waals surface area contributed by atoms with Crippen LogP contribution < -0.4 is 10.6 Å². The highest BCUT2D eigenvalue weighted by Crippen LogP contribution is 2.14. The molecule has 0 saturated carbocycles. The third-order valence-electron chi connectivity index (χ3n) is 3.56. The Bertz CT molecular complexity index is 485. The number of benzene rings is 1. The number of carbonyl (C=O) groups is 2. The molecule has 0 radical (unpaired) electrons. The van der Waals surface area contributed by atoms with Crippen LogP contribution in [-0.2, 0) is 9.53 Å². The van der Waals surface area contributed by atoms with Crippen LogP contribution in [0.5, 0.6) is 0 Å². The second-order valence-corrected chi connectivity index (χ2v) is 5.18. The summed E-state index contributed by atoms with van der Waals surface area (Å²) in [4.78, 5) is 23.4. The molecule has 2 rings (SSSR count). The van der Waals surface area contributed by atoms with E-state index < -0.39 is 0 Å². The second-order valence-electron chi connectivity index (χ2n) is 5.18. The summed E-state index contributed by atoms with van der Waals surface area (Å²) in [5.41, 5.74) is 1.19. The van der Waals surface area contributed by atoms with Crippen molar-refractivity contribution < 1.29 is 14.3 Å². The van der Waals surface area contributed by atoms with E-state index in [-0.39, 0.29) is 24.3 Å². The van der Waals surface area contributed by atoms with Gasteiger partial charge in [-0.15, -0.1) is 12.4 Å². The molecule has 122 valence electrons. The van der Waals surface area contributed by atoms with Gasteiger partial charge in [0.1, 0.15) is 0 Å². The van der Waals surface area contributed by atoms with Crippen molar-refractivity contribution in [3.63, 3.8) is 0 Å². The molecule has 1 aromatic carbocycles. The van der Waals surface area contributed by atoms with E-state index in [9.17, 15) is 9.59 Å². The average Bonchev–Trinajstić information content (AvgIpc) is 2.99. The Morgan fingerprint density at radius 1 is 1.32 bits per heavy atom. The molecule has 1 aliphatic rings. The fourth-order valence-electron chi connectivity index (χ4n) is 2.44. The van der Waals surface area contributed by atoms with Crippen molar-refractivity contribution in [2.75, 3.05) is 18.5 Å². The zero-order chi connectivity index (χ0) is 15.1. The van der Waals surface area contributed by atoms with Crippen molar-refractivity contribution in [3.05, 3.63) is 29.8 Å². The SMILES string of the molecule is CCOC(=O)c1ccc(NC(=O)CCC2CCCN2)cc1.Cl. The first-order valence-electron chi connectivity index (χ1n) is 7.49. The zero-order valence-electron chi connectivity index (χ0n) is 12.8. The first-order chi connectivity index (χ1) is 10.2. The predicted octanol–water partition coefficient (Wildman–Crippen LogP) is 2.76. The van der Waals surface area contributed by atoms with E-state index in [1.165, 1.54) is 6.42 Å². The smallest absolute Gasteiger partial charge is 0.338 e. The molecule has 1 fully saturated rings. The third kappa shape index (κ3) is 5.66. The molecule has 1 aliphatic heterocycles. The lowest BCUT2D eigenvalue weighted by atomic mass is 10.1. The quantitative estimate of drug-likeness (QED) is 0.789. The van der Waals surface area contributed by atoms with Crippen LogP contribution in [0.1, 0.15) is 43.0 Å². The summed E-state index contributed by atoms with van der Waals surface area (Å²) in [6.45, 7) is 3.18. The summed E-state index contributed by atoms with van der Waals surface area (Å²) in [7, 11) is 0. The van der Waals surface area contributed by atoms with Gasteiger partial charge in [0.25, 0.3) is 0 Å². The van der Waals surface area contributed by atoms with Crippen molar-refractivity contribution >= 4 is 30.0 Å². The monoisotopic (exact) mass is 326 g/mol. The number of amides is 1. The molecule has 22 heavy (non-hydrogen) atoms. The lowest BCUT2D eigenvalue weighted by Gasteiger charge is -2.10. The van der Waals surface area contributed by atoms with Crippen molar-refractivity contribution in [1.29, 1.82) is 0 Å². The molecule has 1 amide bonds. The number of esters is 1. The van der Waals surface area contributed by atoms with Crippen LogP contribution in [0.4, 0.5) is 5.69 Å². The Labute approximate surface area is 137 Å². The lowest BCUT2D eigenvalue weighted by molar-refractivity contribution is -0.116. The van der Waals surface area contributed by atoms with Gasteiger partial charge in [-0.3, -0.25) is 4.79 Å². The number of ether oxygens (including phenoxy) is 1. The first-order valence-corrected chi connectivity index (χ1v) is 7.49. The van der Waals surface area contributed by atoms with Gasteiger partial charge in [-0.1, -0.05) is 0 Å². The van der Waals surface area contributed by atoms with Gasteiger partial charge in [-0.2, -0.15) is 0 Å². The lowest BCUT2D eigenvalue weighted by Crippen LogP contribution is -2.23. The van der Waals surface area contributed by atoms with Gasteiger partial charge in [0.2, 0.25) is 5.91 Å². The second kappa shape index (κ2) is 9.43. The van der Waals surface area contributed by atoms with Gasteiger partial charge in [0.05, 0.1) is 12.2 Å². The van der Waals surface area contributed by atoms with Crippen LogP contribution >= 0.6 is 12.4 Å². The topological polar surface area (TPSA) is 67.4 Å². The third-order valence-corrected chi connectivity index (χ3v) is 3.56.